The minimum absolute atomic E-state index is 0.0665. The van der Waals surface area contributed by atoms with Gasteiger partial charge in [0.1, 0.15) is 11.3 Å². The van der Waals surface area contributed by atoms with E-state index in [4.69, 9.17) is 9.47 Å². The third-order valence-corrected chi connectivity index (χ3v) is 4.00. The lowest BCUT2D eigenvalue weighted by atomic mass is 10.0. The number of carbonyl (C=O) groups is 2. The average molecular weight is 340 g/mol. The van der Waals surface area contributed by atoms with Crippen LogP contribution < -0.4 is 4.74 Å². The van der Waals surface area contributed by atoms with E-state index in [1.165, 1.54) is 0 Å². The standard InChI is InChI=1S/C19H20N2O4/c1-3-24-17-10-15-14(9-16(17)19(23)25-4-2)12-21(18(15)22)11-13-5-7-20-8-6-13/h5-10H,3-4,11-12H2,1-2H3. The number of amides is 1. The topological polar surface area (TPSA) is 68.7 Å². The molecule has 6 heteroatoms. The lowest BCUT2D eigenvalue weighted by Crippen LogP contribution is -2.23. The van der Waals surface area contributed by atoms with Crippen LogP contribution in [0.3, 0.4) is 0 Å². The first-order valence-corrected chi connectivity index (χ1v) is 8.29. The molecule has 0 saturated carbocycles. The van der Waals surface area contributed by atoms with Crippen LogP contribution in [0, 0.1) is 0 Å². The van der Waals surface area contributed by atoms with E-state index in [0.29, 0.717) is 36.6 Å². The monoisotopic (exact) mass is 340 g/mol. The van der Waals surface area contributed by atoms with E-state index in [-0.39, 0.29) is 12.5 Å². The zero-order valence-electron chi connectivity index (χ0n) is 14.3. The second-order valence-corrected chi connectivity index (χ2v) is 5.68. The third-order valence-electron chi connectivity index (χ3n) is 4.00. The molecule has 0 spiro atoms. The highest BCUT2D eigenvalue weighted by Crippen LogP contribution is 2.31. The maximum atomic E-state index is 12.7. The molecule has 1 aliphatic rings. The number of hydrogen-bond donors (Lipinski definition) is 0. The Morgan fingerprint density at radius 3 is 2.64 bits per heavy atom. The van der Waals surface area contributed by atoms with Gasteiger partial charge in [0.05, 0.1) is 13.2 Å². The van der Waals surface area contributed by atoms with Crippen LogP contribution in [0.1, 0.15) is 45.7 Å². The summed E-state index contributed by atoms with van der Waals surface area (Å²) in [5, 5.41) is 0. The predicted octanol–water partition coefficient (Wildman–Crippen LogP) is 2.81. The Bertz CT molecular complexity index is 790. The largest absolute Gasteiger partial charge is 0.493 e. The zero-order chi connectivity index (χ0) is 17.8. The summed E-state index contributed by atoms with van der Waals surface area (Å²) in [5.74, 6) is -0.115. The number of fused-ring (bicyclic) bond motifs is 1. The average Bonchev–Trinajstić information content (AvgIpc) is 2.91. The van der Waals surface area contributed by atoms with Crippen molar-refractivity contribution in [2.24, 2.45) is 0 Å². The molecule has 1 amide bonds. The summed E-state index contributed by atoms with van der Waals surface area (Å²) in [6.07, 6.45) is 3.41. The van der Waals surface area contributed by atoms with Crippen LogP contribution in [0.25, 0.3) is 0 Å². The molecule has 0 fully saturated rings. The number of carbonyl (C=O) groups excluding carboxylic acids is 2. The molecule has 1 aliphatic heterocycles. The van der Waals surface area contributed by atoms with E-state index in [1.807, 2.05) is 19.1 Å². The van der Waals surface area contributed by atoms with Crippen LogP contribution in [0.2, 0.25) is 0 Å². The summed E-state index contributed by atoms with van der Waals surface area (Å²) in [6, 6.07) is 7.13. The Balaban J connectivity index is 1.90. The summed E-state index contributed by atoms with van der Waals surface area (Å²) in [7, 11) is 0. The molecule has 1 aromatic heterocycles. The maximum Gasteiger partial charge on any atom is 0.341 e. The fourth-order valence-corrected chi connectivity index (χ4v) is 2.88. The molecule has 2 heterocycles. The molecule has 25 heavy (non-hydrogen) atoms. The lowest BCUT2D eigenvalue weighted by Gasteiger charge is -2.15. The number of ether oxygens (including phenoxy) is 2. The molecule has 1 aromatic carbocycles. The fourth-order valence-electron chi connectivity index (χ4n) is 2.88. The van der Waals surface area contributed by atoms with Gasteiger partial charge in [-0.3, -0.25) is 9.78 Å². The van der Waals surface area contributed by atoms with Gasteiger partial charge < -0.3 is 14.4 Å². The Hall–Kier alpha value is -2.89. The molecule has 3 rings (SSSR count). The van der Waals surface area contributed by atoms with Gasteiger partial charge in [0.25, 0.3) is 5.91 Å². The van der Waals surface area contributed by atoms with Gasteiger partial charge in [-0.05, 0) is 49.2 Å². The van der Waals surface area contributed by atoms with Crippen molar-refractivity contribution >= 4 is 11.9 Å². The molecule has 0 N–H and O–H groups in total. The normalized spacial score (nSPS) is 12.9. The van der Waals surface area contributed by atoms with Gasteiger partial charge in [-0.1, -0.05) is 0 Å². The second-order valence-electron chi connectivity index (χ2n) is 5.68. The van der Waals surface area contributed by atoms with Crippen LogP contribution in [0.15, 0.2) is 36.7 Å². The molecular formula is C19H20N2O4. The van der Waals surface area contributed by atoms with Gasteiger partial charge >= 0.3 is 5.97 Å². The van der Waals surface area contributed by atoms with Crippen LogP contribution in [0.4, 0.5) is 0 Å². The van der Waals surface area contributed by atoms with Crippen molar-refractivity contribution in [3.8, 4) is 5.75 Å². The summed E-state index contributed by atoms with van der Waals surface area (Å²) >= 11 is 0. The molecule has 0 radical (unpaired) electrons. The molecule has 130 valence electrons. The highest BCUT2D eigenvalue weighted by atomic mass is 16.5. The number of aromatic nitrogens is 1. The SMILES string of the molecule is CCOC(=O)c1cc2c(cc1OCC)C(=O)N(Cc1ccncc1)C2. The van der Waals surface area contributed by atoms with Crippen LogP contribution in [-0.2, 0) is 17.8 Å². The minimum Gasteiger partial charge on any atom is -0.493 e. The first kappa shape index (κ1) is 17.0. The minimum atomic E-state index is -0.436. The second kappa shape index (κ2) is 7.34. The Kier molecular flexibility index (Phi) is 4.97. The van der Waals surface area contributed by atoms with Crippen molar-refractivity contribution in [2.75, 3.05) is 13.2 Å². The Morgan fingerprint density at radius 1 is 1.20 bits per heavy atom. The highest BCUT2D eigenvalue weighted by Gasteiger charge is 2.30. The summed E-state index contributed by atoms with van der Waals surface area (Å²) in [6.45, 7) is 5.23. The van der Waals surface area contributed by atoms with Gasteiger partial charge in [0.15, 0.2) is 0 Å². The lowest BCUT2D eigenvalue weighted by molar-refractivity contribution is 0.0521. The van der Waals surface area contributed by atoms with Gasteiger partial charge in [0.2, 0.25) is 0 Å². The molecule has 2 aromatic rings. The molecule has 0 aliphatic carbocycles. The number of pyridine rings is 1. The Morgan fingerprint density at radius 2 is 1.96 bits per heavy atom. The number of esters is 1. The summed E-state index contributed by atoms with van der Waals surface area (Å²) in [4.78, 5) is 30.6. The van der Waals surface area contributed by atoms with Crippen molar-refractivity contribution in [3.05, 3.63) is 58.9 Å². The first-order chi connectivity index (χ1) is 12.1. The highest BCUT2D eigenvalue weighted by molar-refractivity contribution is 6.01. The molecule has 0 unspecified atom stereocenters. The molecule has 0 bridgehead atoms. The van der Waals surface area contributed by atoms with Crippen LogP contribution in [-0.4, -0.2) is 35.0 Å². The van der Waals surface area contributed by atoms with Crippen molar-refractivity contribution in [1.82, 2.24) is 9.88 Å². The molecular weight excluding hydrogens is 320 g/mol. The van der Waals surface area contributed by atoms with E-state index < -0.39 is 5.97 Å². The number of benzene rings is 1. The van der Waals surface area contributed by atoms with Gasteiger partial charge in [-0.25, -0.2) is 4.79 Å². The van der Waals surface area contributed by atoms with Gasteiger partial charge in [0, 0.05) is 31.0 Å². The molecule has 6 nitrogen and oxygen atoms in total. The molecule has 0 saturated heterocycles. The van der Waals surface area contributed by atoms with Crippen molar-refractivity contribution in [2.45, 2.75) is 26.9 Å². The Labute approximate surface area is 146 Å². The van der Waals surface area contributed by atoms with Crippen molar-refractivity contribution in [3.63, 3.8) is 0 Å². The molecule has 0 atom stereocenters. The predicted molar refractivity (Wildman–Crippen MR) is 91.4 cm³/mol. The van der Waals surface area contributed by atoms with Crippen LogP contribution in [0.5, 0.6) is 5.75 Å². The summed E-state index contributed by atoms with van der Waals surface area (Å²) in [5.41, 5.74) is 2.75. The van der Waals surface area contributed by atoms with Gasteiger partial charge in [-0.15, -0.1) is 0 Å². The fraction of sp³-hybridized carbons (Fsp3) is 0.316. The van der Waals surface area contributed by atoms with E-state index >= 15 is 0 Å². The number of hydrogen-bond acceptors (Lipinski definition) is 5. The number of rotatable bonds is 6. The quantitative estimate of drug-likeness (QED) is 0.756. The smallest absolute Gasteiger partial charge is 0.341 e. The van der Waals surface area contributed by atoms with Crippen LogP contribution >= 0.6 is 0 Å². The maximum absolute atomic E-state index is 12.7. The van der Waals surface area contributed by atoms with Crippen molar-refractivity contribution < 1.29 is 19.1 Å². The van der Waals surface area contributed by atoms with E-state index in [2.05, 4.69) is 4.98 Å². The first-order valence-electron chi connectivity index (χ1n) is 8.29. The van der Waals surface area contributed by atoms with E-state index in [1.54, 1.807) is 36.4 Å². The van der Waals surface area contributed by atoms with E-state index in [9.17, 15) is 9.59 Å². The number of nitrogens with zero attached hydrogens (tertiary/aromatic N) is 2. The zero-order valence-corrected chi connectivity index (χ0v) is 14.3. The summed E-state index contributed by atoms with van der Waals surface area (Å²) < 4.78 is 10.7. The van der Waals surface area contributed by atoms with E-state index in [0.717, 1.165) is 11.1 Å². The third kappa shape index (κ3) is 3.47. The van der Waals surface area contributed by atoms with Gasteiger partial charge in [-0.2, -0.15) is 0 Å². The van der Waals surface area contributed by atoms with Crippen molar-refractivity contribution in [1.29, 1.82) is 0 Å².